The van der Waals surface area contributed by atoms with Crippen LogP contribution in [0.1, 0.15) is 130 Å². The predicted octanol–water partition coefficient (Wildman–Crippen LogP) is 13.0. The second kappa shape index (κ2) is 21.7. The van der Waals surface area contributed by atoms with Gasteiger partial charge in [0.1, 0.15) is 23.9 Å². The van der Waals surface area contributed by atoms with Gasteiger partial charge in [0, 0.05) is 0 Å². The van der Waals surface area contributed by atoms with E-state index in [0.717, 1.165) is 58.7 Å². The van der Waals surface area contributed by atoms with Gasteiger partial charge < -0.3 is 18.9 Å². The van der Waals surface area contributed by atoms with Crippen molar-refractivity contribution in [2.75, 3.05) is 0 Å². The molecule has 334 valence electrons. The highest BCUT2D eigenvalue weighted by Gasteiger charge is 2.34. The Hall–Kier alpha value is -5.50. The van der Waals surface area contributed by atoms with Crippen LogP contribution in [-0.2, 0) is 43.7 Å². The molecule has 8 nitrogen and oxygen atoms in total. The molecule has 2 saturated carbocycles. The molecule has 2 aliphatic rings. The molecule has 0 heterocycles. The van der Waals surface area contributed by atoms with E-state index in [1.807, 2.05) is 90.9 Å². The Morgan fingerprint density at radius 3 is 1.65 bits per heavy atom. The molecule has 2 aliphatic carbocycles. The fourth-order valence-corrected chi connectivity index (χ4v) is 8.45. The number of carbonyl (C=O) groups is 4. The molecule has 0 spiro atoms. The molecule has 3 unspecified atom stereocenters. The summed E-state index contributed by atoms with van der Waals surface area (Å²) in [6, 6.07) is 37.2. The lowest BCUT2D eigenvalue weighted by atomic mass is 9.87. The number of rotatable bonds is 13. The monoisotopic (exact) mass is 854 g/mol. The number of carbonyl (C=O) groups excluding carboxylic acids is 4. The molecule has 0 aliphatic heterocycles. The molecule has 0 radical (unpaired) electrons. The van der Waals surface area contributed by atoms with Gasteiger partial charge in [-0.25, -0.2) is 0 Å². The quantitative estimate of drug-likeness (QED) is 0.0852. The van der Waals surface area contributed by atoms with Crippen LogP contribution in [-0.4, -0.2) is 36.1 Å². The molecule has 0 amide bonds. The summed E-state index contributed by atoms with van der Waals surface area (Å²) in [7, 11) is 0. The molecule has 7 rings (SSSR count). The van der Waals surface area contributed by atoms with Gasteiger partial charge >= 0.3 is 23.9 Å². The van der Waals surface area contributed by atoms with Crippen molar-refractivity contribution in [2.24, 2.45) is 23.7 Å². The maximum Gasteiger partial charge on any atom is 0.309 e. The lowest BCUT2D eigenvalue weighted by molar-refractivity contribution is -0.166. The molecular formula is C55H66O8. The first kappa shape index (κ1) is 47.0. The van der Waals surface area contributed by atoms with Gasteiger partial charge in [0.15, 0.2) is 0 Å². The van der Waals surface area contributed by atoms with E-state index in [9.17, 15) is 19.2 Å². The molecule has 0 aromatic heterocycles. The van der Waals surface area contributed by atoms with Crippen molar-refractivity contribution < 1.29 is 38.1 Å². The van der Waals surface area contributed by atoms with Crippen LogP contribution in [0.25, 0.3) is 32.7 Å². The third-order valence-corrected chi connectivity index (χ3v) is 13.1. The largest absolute Gasteiger partial charge is 0.462 e. The first-order chi connectivity index (χ1) is 30.3. The molecule has 5 aromatic carbocycles. The average Bonchev–Trinajstić information content (AvgIpc) is 3.31. The molecule has 5 aromatic rings. The van der Waals surface area contributed by atoms with E-state index < -0.39 is 5.60 Å². The Balaban J connectivity index is 0.000000213. The Labute approximate surface area is 374 Å². The highest BCUT2D eigenvalue weighted by molar-refractivity contribution is 5.97. The van der Waals surface area contributed by atoms with Gasteiger partial charge in [-0.1, -0.05) is 119 Å². The first-order valence-electron chi connectivity index (χ1n) is 23.2. The van der Waals surface area contributed by atoms with E-state index in [0.29, 0.717) is 38.5 Å². The SMILES string of the molecule is CCC(C)C(=O)OC1CCC(C(=O)OC(C)(C)c2ccc3ccccc3c2)CC1.CCC(C)C(=O)OC1CCC(C(=O)OC(C)c2cc(-c3ccccc3)c3ccccc3c2)CC1. The number of hydrogen-bond donors (Lipinski definition) is 0. The zero-order valence-electron chi connectivity index (χ0n) is 38.3. The van der Waals surface area contributed by atoms with Gasteiger partial charge in [-0.05, 0) is 147 Å². The van der Waals surface area contributed by atoms with Crippen LogP contribution in [0.2, 0.25) is 0 Å². The van der Waals surface area contributed by atoms with Crippen LogP contribution in [0.3, 0.4) is 0 Å². The van der Waals surface area contributed by atoms with E-state index in [-0.39, 0.29) is 65.9 Å². The molecular weight excluding hydrogens is 789 g/mol. The Kier molecular flexibility index (Phi) is 16.2. The van der Waals surface area contributed by atoms with E-state index in [1.54, 1.807) is 0 Å². The lowest BCUT2D eigenvalue weighted by Crippen LogP contribution is -2.34. The zero-order chi connectivity index (χ0) is 45.1. The minimum Gasteiger partial charge on any atom is -0.462 e. The van der Waals surface area contributed by atoms with E-state index >= 15 is 0 Å². The van der Waals surface area contributed by atoms with Gasteiger partial charge in [-0.2, -0.15) is 0 Å². The second-order valence-electron chi connectivity index (χ2n) is 18.2. The lowest BCUT2D eigenvalue weighted by Gasteiger charge is -2.32. The van der Waals surface area contributed by atoms with Crippen molar-refractivity contribution >= 4 is 45.4 Å². The van der Waals surface area contributed by atoms with Crippen molar-refractivity contribution in [3.8, 4) is 11.1 Å². The van der Waals surface area contributed by atoms with Crippen molar-refractivity contribution in [1.82, 2.24) is 0 Å². The van der Waals surface area contributed by atoms with Gasteiger partial charge in [-0.3, -0.25) is 19.2 Å². The Bertz CT molecular complexity index is 2320. The maximum atomic E-state index is 13.0. The third kappa shape index (κ3) is 12.4. The van der Waals surface area contributed by atoms with Crippen molar-refractivity contribution in [1.29, 1.82) is 0 Å². The Morgan fingerprint density at radius 1 is 0.571 bits per heavy atom. The summed E-state index contributed by atoms with van der Waals surface area (Å²) >= 11 is 0. The standard InChI is InChI=1S/C30H34O4.C25H32O4/c1-4-20(2)29(31)34-26-16-14-23(15-17-26)30(32)33-21(3)25-18-24-12-8-9-13-27(24)28(19-25)22-10-6-5-7-11-22;1-5-17(2)23(26)28-22-14-11-19(12-15-22)24(27)29-25(3,4)21-13-10-18-8-6-7-9-20(18)16-21/h5-13,18-21,23,26H,4,14-17H2,1-3H3;6-10,13,16-17,19,22H,5,11-12,14-15H2,1-4H3. The second-order valence-corrected chi connectivity index (χ2v) is 18.2. The van der Waals surface area contributed by atoms with Crippen molar-refractivity contribution in [3.05, 3.63) is 120 Å². The van der Waals surface area contributed by atoms with Gasteiger partial charge in [0.05, 0.1) is 23.7 Å². The maximum absolute atomic E-state index is 13.0. The number of esters is 4. The van der Waals surface area contributed by atoms with Crippen LogP contribution in [0.4, 0.5) is 0 Å². The summed E-state index contributed by atoms with van der Waals surface area (Å²) in [6.07, 6.45) is 6.70. The molecule has 63 heavy (non-hydrogen) atoms. The summed E-state index contributed by atoms with van der Waals surface area (Å²) in [5.74, 6) is -0.998. The van der Waals surface area contributed by atoms with Crippen LogP contribution < -0.4 is 0 Å². The highest BCUT2D eigenvalue weighted by Crippen LogP contribution is 2.36. The molecule has 8 heteroatoms. The minimum atomic E-state index is -0.693. The van der Waals surface area contributed by atoms with Crippen molar-refractivity contribution in [3.63, 3.8) is 0 Å². The fourth-order valence-electron chi connectivity index (χ4n) is 8.45. The molecule has 0 N–H and O–H groups in total. The van der Waals surface area contributed by atoms with E-state index in [2.05, 4.69) is 66.7 Å². The van der Waals surface area contributed by atoms with Crippen LogP contribution >= 0.6 is 0 Å². The number of benzene rings is 5. The van der Waals surface area contributed by atoms with Gasteiger partial charge in [-0.15, -0.1) is 0 Å². The van der Waals surface area contributed by atoms with Crippen molar-refractivity contribution in [2.45, 2.75) is 137 Å². The smallest absolute Gasteiger partial charge is 0.309 e. The minimum absolute atomic E-state index is 0.0690. The normalized spacial score (nSPS) is 20.3. The van der Waals surface area contributed by atoms with Gasteiger partial charge in [0.2, 0.25) is 0 Å². The predicted molar refractivity (Wildman–Crippen MR) is 250 cm³/mol. The number of hydrogen-bond acceptors (Lipinski definition) is 8. The summed E-state index contributed by atoms with van der Waals surface area (Å²) in [4.78, 5) is 49.8. The summed E-state index contributed by atoms with van der Waals surface area (Å²) in [6.45, 7) is 13.6. The molecule has 3 atom stereocenters. The topological polar surface area (TPSA) is 105 Å². The first-order valence-corrected chi connectivity index (χ1v) is 23.2. The Morgan fingerprint density at radius 2 is 1.08 bits per heavy atom. The fraction of sp³-hybridized carbons (Fsp3) is 0.455. The van der Waals surface area contributed by atoms with Gasteiger partial charge in [0.25, 0.3) is 0 Å². The molecule has 2 fully saturated rings. The third-order valence-electron chi connectivity index (χ3n) is 13.1. The number of ether oxygens (including phenoxy) is 4. The zero-order valence-corrected chi connectivity index (χ0v) is 38.3. The van der Waals surface area contributed by atoms with Crippen LogP contribution in [0, 0.1) is 23.7 Å². The van der Waals surface area contributed by atoms with E-state index in [1.165, 1.54) is 10.8 Å². The van der Waals surface area contributed by atoms with Crippen LogP contribution in [0.5, 0.6) is 0 Å². The highest BCUT2D eigenvalue weighted by atomic mass is 16.6. The summed E-state index contributed by atoms with van der Waals surface area (Å²) in [5, 5.41) is 4.62. The van der Waals surface area contributed by atoms with E-state index in [4.69, 9.17) is 18.9 Å². The molecule has 0 saturated heterocycles. The molecule has 0 bridgehead atoms. The average molecular weight is 855 g/mol. The number of fused-ring (bicyclic) bond motifs is 2. The summed E-state index contributed by atoms with van der Waals surface area (Å²) in [5.41, 5.74) is 3.56. The summed E-state index contributed by atoms with van der Waals surface area (Å²) < 4.78 is 23.1. The van der Waals surface area contributed by atoms with Crippen LogP contribution in [0.15, 0.2) is 109 Å².